The van der Waals surface area contributed by atoms with Crippen LogP contribution < -0.4 is 0 Å². The highest BCUT2D eigenvalue weighted by molar-refractivity contribution is 8.26. The third-order valence-electron chi connectivity index (χ3n) is 3.93. The second kappa shape index (κ2) is 8.81. The van der Waals surface area contributed by atoms with Crippen LogP contribution in [-0.4, -0.2) is 51.7 Å². The molecule has 8 heteroatoms. The molecule has 0 saturated carbocycles. The Morgan fingerprint density at radius 2 is 2.11 bits per heavy atom. The number of carbonyl (C=O) groups is 1. The molecule has 27 heavy (non-hydrogen) atoms. The molecule has 1 atom stereocenters. The Morgan fingerprint density at radius 3 is 2.74 bits per heavy atom. The molecule has 2 heterocycles. The molecule has 2 N–H and O–H groups in total. The Morgan fingerprint density at radius 1 is 1.37 bits per heavy atom. The van der Waals surface area contributed by atoms with Crippen LogP contribution >= 0.6 is 24.0 Å². The van der Waals surface area contributed by atoms with Gasteiger partial charge in [0.15, 0.2) is 0 Å². The van der Waals surface area contributed by atoms with Crippen molar-refractivity contribution < 1.29 is 24.2 Å². The first-order chi connectivity index (χ1) is 13.0. The minimum Gasteiger partial charge on any atom is -0.456 e. The molecule has 1 unspecified atom stereocenters. The van der Waals surface area contributed by atoms with E-state index in [1.165, 1.54) is 16.7 Å². The van der Waals surface area contributed by atoms with E-state index in [1.807, 2.05) is 36.4 Å². The number of furan rings is 1. The Hall–Kier alpha value is -1.97. The molecule has 0 spiro atoms. The predicted octanol–water partition coefficient (Wildman–Crippen LogP) is 2.65. The van der Waals surface area contributed by atoms with Gasteiger partial charge in [-0.15, -0.1) is 0 Å². The first kappa shape index (κ1) is 19.8. The van der Waals surface area contributed by atoms with E-state index in [4.69, 9.17) is 26.5 Å². The summed E-state index contributed by atoms with van der Waals surface area (Å²) in [6.45, 7) is -0.197. The van der Waals surface area contributed by atoms with Crippen molar-refractivity contribution in [2.24, 2.45) is 0 Å². The van der Waals surface area contributed by atoms with Crippen LogP contribution in [0.5, 0.6) is 0 Å². The van der Waals surface area contributed by atoms with Crippen molar-refractivity contribution in [2.45, 2.75) is 12.7 Å². The number of benzene rings is 1. The summed E-state index contributed by atoms with van der Waals surface area (Å²) < 4.78 is 11.9. The lowest BCUT2D eigenvalue weighted by molar-refractivity contribution is -0.121. The maximum Gasteiger partial charge on any atom is 0.266 e. The van der Waals surface area contributed by atoms with Crippen LogP contribution in [0.1, 0.15) is 11.3 Å². The summed E-state index contributed by atoms with van der Waals surface area (Å²) in [6.07, 6.45) is 0.724. The van der Waals surface area contributed by atoms with Crippen molar-refractivity contribution >= 4 is 40.3 Å². The van der Waals surface area contributed by atoms with Crippen LogP contribution in [0, 0.1) is 0 Å². The molecule has 1 saturated heterocycles. The second-order valence-corrected chi connectivity index (χ2v) is 7.63. The van der Waals surface area contributed by atoms with Crippen LogP contribution in [-0.2, 0) is 16.1 Å². The molecule has 6 nitrogen and oxygen atoms in total. The number of thiocarbonyl (C=S) groups is 1. The molecular formula is C19H19NO5S2. The van der Waals surface area contributed by atoms with Gasteiger partial charge in [0.2, 0.25) is 0 Å². The number of carbonyl (C=O) groups excluding carboxylic acids is 1. The molecule has 0 bridgehead atoms. The summed E-state index contributed by atoms with van der Waals surface area (Å²) in [5.74, 6) is 0.974. The van der Waals surface area contributed by atoms with Crippen LogP contribution in [0.4, 0.5) is 0 Å². The topological polar surface area (TPSA) is 83.1 Å². The Labute approximate surface area is 166 Å². The summed E-state index contributed by atoms with van der Waals surface area (Å²) in [5, 5.41) is 18.3. The zero-order valence-corrected chi connectivity index (χ0v) is 16.3. The number of aliphatic hydroxyl groups is 2. The van der Waals surface area contributed by atoms with E-state index in [2.05, 4.69) is 0 Å². The minimum absolute atomic E-state index is 0.00112. The summed E-state index contributed by atoms with van der Waals surface area (Å²) in [4.78, 5) is 14.2. The van der Waals surface area contributed by atoms with Crippen LogP contribution in [0.25, 0.3) is 17.4 Å². The molecule has 1 aromatic carbocycles. The molecule has 1 aliphatic heterocycles. The maximum atomic E-state index is 12.3. The van der Waals surface area contributed by atoms with Gasteiger partial charge < -0.3 is 19.4 Å². The highest BCUT2D eigenvalue weighted by atomic mass is 32.2. The van der Waals surface area contributed by atoms with Gasteiger partial charge in [-0.2, -0.15) is 0 Å². The fourth-order valence-electron chi connectivity index (χ4n) is 2.44. The van der Waals surface area contributed by atoms with E-state index in [0.29, 0.717) is 20.7 Å². The number of hydrogen-bond donors (Lipinski definition) is 2. The summed E-state index contributed by atoms with van der Waals surface area (Å²) in [7, 11) is 1.64. The Kier molecular flexibility index (Phi) is 6.46. The lowest BCUT2D eigenvalue weighted by Crippen LogP contribution is -2.22. The fourth-order valence-corrected chi connectivity index (χ4v) is 3.60. The monoisotopic (exact) mass is 405 g/mol. The molecule has 1 aromatic heterocycles. The standard InChI is InChI=1S/C19H19NO5S2/c1-20-18(23)17(27-19(20)26)8-16-13(10-24-11-14(22)9-21)7-15(25-16)12-5-3-2-4-6-12/h2-8,14,21-22H,9-11H2,1H3/b17-8-. The third-order valence-corrected chi connectivity index (χ3v) is 5.41. The highest BCUT2D eigenvalue weighted by Gasteiger charge is 2.29. The number of thioether (sulfide) groups is 1. The van der Waals surface area contributed by atoms with Gasteiger partial charge in [-0.25, -0.2) is 0 Å². The van der Waals surface area contributed by atoms with E-state index in [0.717, 1.165) is 11.1 Å². The normalized spacial score (nSPS) is 17.1. The number of rotatable bonds is 7. The maximum absolute atomic E-state index is 12.3. The molecule has 0 aliphatic carbocycles. The minimum atomic E-state index is -0.940. The first-order valence-corrected chi connectivity index (χ1v) is 9.48. The molecular weight excluding hydrogens is 386 g/mol. The Bertz CT molecular complexity index is 862. The van der Waals surface area contributed by atoms with Gasteiger partial charge in [-0.1, -0.05) is 54.3 Å². The number of likely N-dealkylation sites (N-methyl/N-ethyl adjacent to an activating group) is 1. The summed E-state index contributed by atoms with van der Waals surface area (Å²) in [6, 6.07) is 11.4. The molecule has 1 amide bonds. The molecule has 142 valence electrons. The number of nitrogens with zero attached hydrogens (tertiary/aromatic N) is 1. The summed E-state index contributed by atoms with van der Waals surface area (Å²) in [5.41, 5.74) is 1.64. The number of aliphatic hydroxyl groups excluding tert-OH is 2. The van der Waals surface area contributed by atoms with Crippen molar-refractivity contribution in [3.05, 3.63) is 52.6 Å². The van der Waals surface area contributed by atoms with E-state index >= 15 is 0 Å². The molecule has 1 aliphatic rings. The van der Waals surface area contributed by atoms with Gasteiger partial charge in [0.1, 0.15) is 21.9 Å². The second-order valence-electron chi connectivity index (χ2n) is 5.96. The Balaban J connectivity index is 1.89. The number of hydrogen-bond acceptors (Lipinski definition) is 7. The first-order valence-electron chi connectivity index (χ1n) is 8.26. The molecule has 1 fully saturated rings. The average Bonchev–Trinajstić information content (AvgIpc) is 3.19. The number of ether oxygens (including phenoxy) is 1. The van der Waals surface area contributed by atoms with Crippen molar-refractivity contribution in [1.29, 1.82) is 0 Å². The lowest BCUT2D eigenvalue weighted by Gasteiger charge is -2.07. The SMILES string of the molecule is CN1C(=O)/C(=C/c2oc(-c3ccccc3)cc2COCC(O)CO)SC1=S. The van der Waals surface area contributed by atoms with Gasteiger partial charge in [0.25, 0.3) is 5.91 Å². The fraction of sp³-hybridized carbons (Fsp3) is 0.263. The van der Waals surface area contributed by atoms with Gasteiger partial charge in [0, 0.05) is 24.3 Å². The smallest absolute Gasteiger partial charge is 0.266 e. The van der Waals surface area contributed by atoms with E-state index in [9.17, 15) is 9.90 Å². The third kappa shape index (κ3) is 4.66. The molecule has 3 rings (SSSR count). The van der Waals surface area contributed by atoms with Crippen LogP contribution in [0.3, 0.4) is 0 Å². The zero-order valence-electron chi connectivity index (χ0n) is 14.6. The van der Waals surface area contributed by atoms with Crippen molar-refractivity contribution in [1.82, 2.24) is 4.90 Å². The van der Waals surface area contributed by atoms with Gasteiger partial charge in [0.05, 0.1) is 24.7 Å². The van der Waals surface area contributed by atoms with E-state index < -0.39 is 6.10 Å². The number of amides is 1. The van der Waals surface area contributed by atoms with E-state index in [-0.39, 0.29) is 25.7 Å². The predicted molar refractivity (Wildman–Crippen MR) is 108 cm³/mol. The largest absolute Gasteiger partial charge is 0.456 e. The lowest BCUT2D eigenvalue weighted by atomic mass is 10.1. The van der Waals surface area contributed by atoms with Gasteiger partial charge >= 0.3 is 0 Å². The summed E-state index contributed by atoms with van der Waals surface area (Å²) >= 11 is 6.38. The highest BCUT2D eigenvalue weighted by Crippen LogP contribution is 2.34. The van der Waals surface area contributed by atoms with Crippen LogP contribution in [0.15, 0.2) is 45.7 Å². The average molecular weight is 405 g/mol. The van der Waals surface area contributed by atoms with Crippen molar-refractivity contribution in [3.63, 3.8) is 0 Å². The molecule has 0 radical (unpaired) electrons. The van der Waals surface area contributed by atoms with Gasteiger partial charge in [-0.05, 0) is 6.07 Å². The van der Waals surface area contributed by atoms with Gasteiger partial charge in [-0.3, -0.25) is 9.69 Å². The van der Waals surface area contributed by atoms with Crippen LogP contribution in [0.2, 0.25) is 0 Å². The van der Waals surface area contributed by atoms with E-state index in [1.54, 1.807) is 13.1 Å². The molecule has 2 aromatic rings. The van der Waals surface area contributed by atoms with Crippen molar-refractivity contribution in [2.75, 3.05) is 20.3 Å². The zero-order chi connectivity index (χ0) is 19.4. The quantitative estimate of drug-likeness (QED) is 0.541. The van der Waals surface area contributed by atoms with Crippen molar-refractivity contribution in [3.8, 4) is 11.3 Å².